The van der Waals surface area contributed by atoms with Gasteiger partial charge >= 0.3 is 6.01 Å². The number of rotatable bonds is 7. The van der Waals surface area contributed by atoms with Gasteiger partial charge in [0.15, 0.2) is 0 Å². The fourth-order valence-electron chi connectivity index (χ4n) is 1.36. The zero-order chi connectivity index (χ0) is 13.5. The van der Waals surface area contributed by atoms with Crippen LogP contribution in [0.5, 0.6) is 6.01 Å². The van der Waals surface area contributed by atoms with Gasteiger partial charge in [-0.15, -0.1) is 0 Å². The van der Waals surface area contributed by atoms with Gasteiger partial charge in [0.25, 0.3) is 0 Å². The van der Waals surface area contributed by atoms with Crippen LogP contribution < -0.4 is 10.1 Å². The summed E-state index contributed by atoms with van der Waals surface area (Å²) < 4.78 is 12.0. The van der Waals surface area contributed by atoms with Crippen molar-refractivity contribution >= 4 is 5.95 Å². The first-order valence-corrected chi connectivity index (χ1v) is 5.93. The number of aromatic nitrogens is 5. The molecule has 0 saturated carbocycles. The fraction of sp³-hybridized carbons (Fsp3) is 0.455. The maximum absolute atomic E-state index is 5.41. The molecular formula is C11H16N6O2. The zero-order valence-electron chi connectivity index (χ0n) is 10.9. The molecule has 0 aliphatic heterocycles. The lowest BCUT2D eigenvalue weighted by Gasteiger charge is -2.08. The van der Waals surface area contributed by atoms with Crippen LogP contribution in [-0.2, 0) is 4.74 Å². The highest BCUT2D eigenvalue weighted by atomic mass is 16.5. The van der Waals surface area contributed by atoms with E-state index in [0.717, 1.165) is 0 Å². The molecule has 0 amide bonds. The van der Waals surface area contributed by atoms with Gasteiger partial charge in [-0.3, -0.25) is 4.57 Å². The predicted molar refractivity (Wildman–Crippen MR) is 68.5 cm³/mol. The van der Waals surface area contributed by atoms with E-state index in [2.05, 4.69) is 25.3 Å². The molecule has 0 aliphatic rings. The normalized spacial score (nSPS) is 10.4. The molecule has 0 fully saturated rings. The van der Waals surface area contributed by atoms with Crippen molar-refractivity contribution in [1.82, 2.24) is 24.5 Å². The van der Waals surface area contributed by atoms with E-state index in [9.17, 15) is 0 Å². The Hall–Kier alpha value is -2.22. The second-order valence-corrected chi connectivity index (χ2v) is 3.58. The summed E-state index contributed by atoms with van der Waals surface area (Å²) in [6.45, 7) is 3.54. The largest absolute Gasteiger partial charge is 0.461 e. The van der Waals surface area contributed by atoms with Gasteiger partial charge in [0.1, 0.15) is 12.9 Å². The third-order valence-corrected chi connectivity index (χ3v) is 2.19. The molecule has 2 heterocycles. The number of nitrogens with zero attached hydrogens (tertiary/aromatic N) is 5. The Morgan fingerprint density at radius 2 is 2.16 bits per heavy atom. The van der Waals surface area contributed by atoms with Crippen molar-refractivity contribution in [1.29, 1.82) is 0 Å². The molecule has 8 nitrogen and oxygen atoms in total. The molecule has 0 atom stereocenters. The van der Waals surface area contributed by atoms with Crippen molar-refractivity contribution in [3.8, 4) is 12.0 Å². The number of ether oxygens (including phenoxy) is 2. The third kappa shape index (κ3) is 3.62. The van der Waals surface area contributed by atoms with Gasteiger partial charge < -0.3 is 14.8 Å². The molecule has 0 unspecified atom stereocenters. The molecule has 2 aromatic rings. The highest BCUT2D eigenvalue weighted by Crippen LogP contribution is 2.10. The van der Waals surface area contributed by atoms with E-state index >= 15 is 0 Å². The van der Waals surface area contributed by atoms with Crippen LogP contribution in [0.3, 0.4) is 0 Å². The van der Waals surface area contributed by atoms with Crippen molar-refractivity contribution in [3.05, 3.63) is 18.7 Å². The summed E-state index contributed by atoms with van der Waals surface area (Å²) in [5.41, 5.74) is 0. The monoisotopic (exact) mass is 264 g/mol. The molecule has 0 saturated heterocycles. The minimum Gasteiger partial charge on any atom is -0.461 e. The SMILES string of the molecule is CCNc1nc(OCCOC)nc(-n2ccnc2)n1. The van der Waals surface area contributed by atoms with Crippen molar-refractivity contribution in [2.75, 3.05) is 32.2 Å². The second kappa shape index (κ2) is 6.64. The Labute approximate surface area is 110 Å². The number of hydrogen-bond acceptors (Lipinski definition) is 7. The average molecular weight is 264 g/mol. The lowest BCUT2D eigenvalue weighted by atomic mass is 10.7. The van der Waals surface area contributed by atoms with Crippen LogP contribution in [0.1, 0.15) is 6.92 Å². The van der Waals surface area contributed by atoms with Gasteiger partial charge in [-0.1, -0.05) is 0 Å². The summed E-state index contributed by atoms with van der Waals surface area (Å²) in [6, 6.07) is 0.256. The van der Waals surface area contributed by atoms with Crippen LogP contribution >= 0.6 is 0 Å². The number of imidazole rings is 1. The van der Waals surface area contributed by atoms with Gasteiger partial charge in [-0.25, -0.2) is 4.98 Å². The van der Waals surface area contributed by atoms with E-state index in [1.165, 1.54) is 0 Å². The molecule has 2 aromatic heterocycles. The Morgan fingerprint density at radius 1 is 1.26 bits per heavy atom. The quantitative estimate of drug-likeness (QED) is 0.729. The van der Waals surface area contributed by atoms with Crippen LogP contribution in [0.4, 0.5) is 5.95 Å². The van der Waals surface area contributed by atoms with E-state index in [1.54, 1.807) is 30.4 Å². The minimum absolute atomic E-state index is 0.256. The lowest BCUT2D eigenvalue weighted by Crippen LogP contribution is -2.12. The zero-order valence-corrected chi connectivity index (χ0v) is 10.9. The molecule has 102 valence electrons. The summed E-state index contributed by atoms with van der Waals surface area (Å²) in [6.07, 6.45) is 5.02. The Balaban J connectivity index is 2.22. The van der Waals surface area contributed by atoms with E-state index in [1.807, 2.05) is 6.92 Å². The van der Waals surface area contributed by atoms with Crippen molar-refractivity contribution in [2.24, 2.45) is 0 Å². The topological polar surface area (TPSA) is 87.0 Å². The molecule has 19 heavy (non-hydrogen) atoms. The highest BCUT2D eigenvalue weighted by molar-refractivity contribution is 5.30. The summed E-state index contributed by atoms with van der Waals surface area (Å²) in [5, 5.41) is 3.03. The van der Waals surface area contributed by atoms with Gasteiger partial charge in [0.2, 0.25) is 11.9 Å². The van der Waals surface area contributed by atoms with Crippen molar-refractivity contribution in [3.63, 3.8) is 0 Å². The van der Waals surface area contributed by atoms with E-state index in [4.69, 9.17) is 9.47 Å². The summed E-state index contributed by atoms with van der Waals surface area (Å²) >= 11 is 0. The second-order valence-electron chi connectivity index (χ2n) is 3.58. The van der Waals surface area contributed by atoms with E-state index < -0.39 is 0 Å². The molecule has 0 radical (unpaired) electrons. The molecule has 0 bridgehead atoms. The molecule has 0 aliphatic carbocycles. The van der Waals surface area contributed by atoms with Crippen molar-refractivity contribution in [2.45, 2.75) is 6.92 Å². The van der Waals surface area contributed by atoms with Crippen LogP contribution in [0.2, 0.25) is 0 Å². The Morgan fingerprint density at radius 3 is 2.84 bits per heavy atom. The molecule has 2 rings (SSSR count). The number of nitrogens with one attached hydrogen (secondary N) is 1. The summed E-state index contributed by atoms with van der Waals surface area (Å²) in [7, 11) is 1.61. The number of hydrogen-bond donors (Lipinski definition) is 1. The third-order valence-electron chi connectivity index (χ3n) is 2.19. The maximum Gasteiger partial charge on any atom is 0.323 e. The van der Waals surface area contributed by atoms with Gasteiger partial charge in [0.05, 0.1) is 6.61 Å². The lowest BCUT2D eigenvalue weighted by molar-refractivity contribution is 0.140. The molecular weight excluding hydrogens is 248 g/mol. The van der Waals surface area contributed by atoms with Crippen LogP contribution in [0, 0.1) is 0 Å². The van der Waals surface area contributed by atoms with Crippen LogP contribution in [0.15, 0.2) is 18.7 Å². The van der Waals surface area contributed by atoms with Crippen LogP contribution in [0.25, 0.3) is 5.95 Å². The smallest absolute Gasteiger partial charge is 0.323 e. The standard InChI is InChI=1S/C11H16N6O2/c1-3-13-9-14-10(17-5-4-12-8-17)16-11(15-9)19-7-6-18-2/h4-5,8H,3,6-7H2,1-2H3,(H,13,14,15,16). The summed E-state index contributed by atoms with van der Waals surface area (Å²) in [5.74, 6) is 0.921. The predicted octanol–water partition coefficient (Wildman–Crippen LogP) is 0.514. The van der Waals surface area contributed by atoms with Gasteiger partial charge in [0, 0.05) is 26.0 Å². The van der Waals surface area contributed by atoms with Crippen molar-refractivity contribution < 1.29 is 9.47 Å². The highest BCUT2D eigenvalue weighted by Gasteiger charge is 2.08. The van der Waals surface area contributed by atoms with E-state index in [-0.39, 0.29) is 6.01 Å². The Kier molecular flexibility index (Phi) is 4.62. The van der Waals surface area contributed by atoms with Crippen LogP contribution in [-0.4, -0.2) is 51.4 Å². The molecule has 0 spiro atoms. The molecule has 8 heteroatoms. The molecule has 0 aromatic carbocycles. The first-order valence-electron chi connectivity index (χ1n) is 5.93. The first kappa shape index (κ1) is 13.2. The number of methoxy groups -OCH3 is 1. The Bertz CT molecular complexity index is 502. The summed E-state index contributed by atoms with van der Waals surface area (Å²) in [4.78, 5) is 16.6. The van der Waals surface area contributed by atoms with Gasteiger partial charge in [-0.05, 0) is 6.92 Å². The number of anilines is 1. The fourth-order valence-corrected chi connectivity index (χ4v) is 1.36. The maximum atomic E-state index is 5.41. The minimum atomic E-state index is 0.256. The van der Waals surface area contributed by atoms with E-state index in [0.29, 0.717) is 31.7 Å². The molecule has 1 N–H and O–H groups in total. The van der Waals surface area contributed by atoms with Gasteiger partial charge in [-0.2, -0.15) is 15.0 Å². The first-order chi connectivity index (χ1) is 9.33. The average Bonchev–Trinajstić information content (AvgIpc) is 2.93.